The first-order valence-corrected chi connectivity index (χ1v) is 10.4. The summed E-state index contributed by atoms with van der Waals surface area (Å²) in [5.74, 6) is -0.710. The standard InChI is InChI=1S/C22H21ClF2N4O2/c23-16-3-1-15(2-4-16)22-27-21(31-28-22)8-7-20(30)26-12-14-9-10-29(13-14)17-5-6-18(24)19(25)11-17/h1-6,11,14H,7-10,12-13H2,(H,26,30). The highest BCUT2D eigenvalue weighted by molar-refractivity contribution is 6.30. The normalized spacial score (nSPS) is 16.0. The zero-order valence-electron chi connectivity index (χ0n) is 16.7. The molecule has 2 aromatic carbocycles. The van der Waals surface area contributed by atoms with Crippen LogP contribution in [-0.2, 0) is 11.2 Å². The van der Waals surface area contributed by atoms with Crippen LogP contribution in [0.4, 0.5) is 14.5 Å². The number of carbonyl (C=O) groups excluding carboxylic acids is 1. The number of halogens is 3. The van der Waals surface area contributed by atoms with Crippen LogP contribution in [-0.4, -0.2) is 35.7 Å². The van der Waals surface area contributed by atoms with Gasteiger partial charge in [-0.3, -0.25) is 4.79 Å². The molecule has 1 atom stereocenters. The van der Waals surface area contributed by atoms with Crippen LogP contribution < -0.4 is 10.2 Å². The lowest BCUT2D eigenvalue weighted by Gasteiger charge is -2.19. The number of carbonyl (C=O) groups is 1. The molecule has 0 spiro atoms. The Morgan fingerprint density at radius 3 is 2.77 bits per heavy atom. The van der Waals surface area contributed by atoms with Crippen molar-refractivity contribution in [3.63, 3.8) is 0 Å². The van der Waals surface area contributed by atoms with Crippen LogP contribution in [0.2, 0.25) is 5.02 Å². The summed E-state index contributed by atoms with van der Waals surface area (Å²) in [6.45, 7) is 1.94. The number of hydrogen-bond donors (Lipinski definition) is 1. The van der Waals surface area contributed by atoms with Crippen molar-refractivity contribution in [2.24, 2.45) is 5.92 Å². The van der Waals surface area contributed by atoms with E-state index in [1.165, 1.54) is 6.07 Å². The Labute approximate surface area is 183 Å². The van der Waals surface area contributed by atoms with E-state index in [4.69, 9.17) is 16.1 Å². The number of benzene rings is 2. The van der Waals surface area contributed by atoms with Crippen molar-refractivity contribution < 1.29 is 18.1 Å². The highest BCUT2D eigenvalue weighted by Gasteiger charge is 2.24. The van der Waals surface area contributed by atoms with E-state index in [-0.39, 0.29) is 18.2 Å². The summed E-state index contributed by atoms with van der Waals surface area (Å²) < 4.78 is 31.8. The van der Waals surface area contributed by atoms with Crippen molar-refractivity contribution in [1.82, 2.24) is 15.5 Å². The fraction of sp³-hybridized carbons (Fsp3) is 0.318. The quantitative estimate of drug-likeness (QED) is 0.587. The smallest absolute Gasteiger partial charge is 0.227 e. The maximum Gasteiger partial charge on any atom is 0.227 e. The minimum atomic E-state index is -0.853. The average molecular weight is 447 g/mol. The lowest BCUT2D eigenvalue weighted by Crippen LogP contribution is -2.31. The van der Waals surface area contributed by atoms with Gasteiger partial charge in [-0.25, -0.2) is 8.78 Å². The van der Waals surface area contributed by atoms with Gasteiger partial charge >= 0.3 is 0 Å². The van der Waals surface area contributed by atoms with Gasteiger partial charge in [0, 0.05) is 54.8 Å². The van der Waals surface area contributed by atoms with Crippen molar-refractivity contribution in [1.29, 1.82) is 0 Å². The van der Waals surface area contributed by atoms with Crippen molar-refractivity contribution in [3.8, 4) is 11.4 Å². The number of anilines is 1. The van der Waals surface area contributed by atoms with Gasteiger partial charge in [-0.2, -0.15) is 4.98 Å². The molecule has 0 radical (unpaired) electrons. The zero-order valence-corrected chi connectivity index (χ0v) is 17.4. The molecule has 1 amide bonds. The van der Waals surface area contributed by atoms with E-state index in [1.54, 1.807) is 30.3 Å². The van der Waals surface area contributed by atoms with Crippen molar-refractivity contribution in [2.45, 2.75) is 19.3 Å². The second-order valence-corrected chi connectivity index (χ2v) is 7.96. The number of nitrogens with zero attached hydrogens (tertiary/aromatic N) is 3. The molecule has 0 bridgehead atoms. The van der Waals surface area contributed by atoms with Crippen LogP contribution >= 0.6 is 11.6 Å². The van der Waals surface area contributed by atoms with E-state index in [2.05, 4.69) is 15.5 Å². The minimum absolute atomic E-state index is 0.0995. The molecule has 0 saturated carbocycles. The maximum absolute atomic E-state index is 13.4. The van der Waals surface area contributed by atoms with Gasteiger partial charge in [0.05, 0.1) is 0 Å². The summed E-state index contributed by atoms with van der Waals surface area (Å²) in [7, 11) is 0. The second-order valence-electron chi connectivity index (χ2n) is 7.52. The van der Waals surface area contributed by atoms with Crippen molar-refractivity contribution in [2.75, 3.05) is 24.5 Å². The molecule has 6 nitrogen and oxygen atoms in total. The molecule has 1 N–H and O–H groups in total. The second kappa shape index (κ2) is 9.43. The third-order valence-corrected chi connectivity index (χ3v) is 5.53. The lowest BCUT2D eigenvalue weighted by atomic mass is 10.1. The summed E-state index contributed by atoms with van der Waals surface area (Å²) in [6.07, 6.45) is 1.45. The fourth-order valence-electron chi connectivity index (χ4n) is 3.56. The minimum Gasteiger partial charge on any atom is -0.371 e. The van der Waals surface area contributed by atoms with Gasteiger partial charge in [0.2, 0.25) is 17.6 Å². The summed E-state index contributed by atoms with van der Waals surface area (Å²) in [4.78, 5) is 18.5. The number of nitrogens with one attached hydrogen (secondary N) is 1. The zero-order chi connectivity index (χ0) is 21.8. The van der Waals surface area contributed by atoms with Crippen LogP contribution in [0, 0.1) is 17.6 Å². The summed E-state index contributed by atoms with van der Waals surface area (Å²) in [5, 5.41) is 7.49. The first kappa shape index (κ1) is 21.2. The van der Waals surface area contributed by atoms with Gasteiger partial charge in [0.15, 0.2) is 11.6 Å². The monoisotopic (exact) mass is 446 g/mol. The maximum atomic E-state index is 13.4. The summed E-state index contributed by atoms with van der Waals surface area (Å²) in [6, 6.07) is 11.0. The Morgan fingerprint density at radius 2 is 2.00 bits per heavy atom. The van der Waals surface area contributed by atoms with E-state index < -0.39 is 11.6 Å². The Hall–Kier alpha value is -3.00. The van der Waals surface area contributed by atoms with Gasteiger partial charge in [-0.05, 0) is 48.7 Å². The number of amides is 1. The number of aromatic nitrogens is 2. The molecular weight excluding hydrogens is 426 g/mol. The van der Waals surface area contributed by atoms with Crippen LogP contribution in [0.15, 0.2) is 47.0 Å². The van der Waals surface area contributed by atoms with E-state index in [1.807, 2.05) is 4.90 Å². The van der Waals surface area contributed by atoms with Crippen molar-refractivity contribution in [3.05, 3.63) is 65.0 Å². The summed E-state index contributed by atoms with van der Waals surface area (Å²) in [5.41, 5.74) is 1.44. The molecule has 4 rings (SSSR count). The van der Waals surface area contributed by atoms with Gasteiger partial charge < -0.3 is 14.7 Å². The molecule has 2 heterocycles. The Bertz CT molecular complexity index is 1060. The van der Waals surface area contributed by atoms with E-state index in [0.717, 1.165) is 24.6 Å². The van der Waals surface area contributed by atoms with Crippen molar-refractivity contribution >= 4 is 23.2 Å². The molecule has 1 fully saturated rings. The topological polar surface area (TPSA) is 71.3 Å². The molecule has 9 heteroatoms. The van der Waals surface area contributed by atoms with Crippen LogP contribution in [0.3, 0.4) is 0 Å². The average Bonchev–Trinajstić information content (AvgIpc) is 3.43. The largest absolute Gasteiger partial charge is 0.371 e. The van der Waals surface area contributed by atoms with E-state index in [9.17, 15) is 13.6 Å². The predicted molar refractivity (Wildman–Crippen MR) is 113 cm³/mol. The highest BCUT2D eigenvalue weighted by Crippen LogP contribution is 2.25. The Morgan fingerprint density at radius 1 is 1.19 bits per heavy atom. The number of hydrogen-bond acceptors (Lipinski definition) is 5. The molecule has 31 heavy (non-hydrogen) atoms. The van der Waals surface area contributed by atoms with Gasteiger partial charge in [0.25, 0.3) is 0 Å². The molecule has 1 aliphatic rings. The van der Waals surface area contributed by atoms with Crippen LogP contribution in [0.25, 0.3) is 11.4 Å². The SMILES string of the molecule is O=C(CCc1nc(-c2ccc(Cl)cc2)no1)NCC1CCN(c2ccc(F)c(F)c2)C1. The first-order valence-electron chi connectivity index (χ1n) is 10.0. The molecule has 3 aromatic rings. The van der Waals surface area contributed by atoms with E-state index in [0.29, 0.717) is 41.9 Å². The highest BCUT2D eigenvalue weighted by atomic mass is 35.5. The molecular formula is C22H21ClF2N4O2. The molecule has 162 valence electrons. The van der Waals surface area contributed by atoms with Crippen LogP contribution in [0.5, 0.6) is 0 Å². The molecule has 1 saturated heterocycles. The number of aryl methyl sites for hydroxylation is 1. The molecule has 1 aromatic heterocycles. The van der Waals surface area contributed by atoms with Gasteiger partial charge in [-0.15, -0.1) is 0 Å². The van der Waals surface area contributed by atoms with Crippen LogP contribution in [0.1, 0.15) is 18.7 Å². The predicted octanol–water partition coefficient (Wildman–Crippen LogP) is 4.24. The van der Waals surface area contributed by atoms with E-state index >= 15 is 0 Å². The third-order valence-electron chi connectivity index (χ3n) is 5.28. The molecule has 1 aliphatic heterocycles. The fourth-order valence-corrected chi connectivity index (χ4v) is 3.68. The Balaban J connectivity index is 1.21. The Kier molecular flexibility index (Phi) is 6.46. The summed E-state index contributed by atoms with van der Waals surface area (Å²) >= 11 is 5.88. The lowest BCUT2D eigenvalue weighted by molar-refractivity contribution is -0.121. The first-order chi connectivity index (χ1) is 15.0. The molecule has 0 aliphatic carbocycles. The number of rotatable bonds is 7. The van der Waals surface area contributed by atoms with Gasteiger partial charge in [0.1, 0.15) is 0 Å². The third kappa shape index (κ3) is 5.38. The van der Waals surface area contributed by atoms with Gasteiger partial charge in [-0.1, -0.05) is 16.8 Å². The molecule has 1 unspecified atom stereocenters.